The number of unbranched alkanes of at least 4 members (excludes halogenated alkanes) is 21. The molecule has 0 saturated heterocycles. The molecule has 0 bridgehead atoms. The van der Waals surface area contributed by atoms with Crippen molar-refractivity contribution in [1.29, 1.82) is 0 Å². The van der Waals surface area contributed by atoms with Gasteiger partial charge in [0.15, 0.2) is 0 Å². The van der Waals surface area contributed by atoms with E-state index in [9.17, 15) is 0 Å². The lowest BCUT2D eigenvalue weighted by atomic mass is 10.2. The zero-order valence-corrected chi connectivity index (χ0v) is 42.9. The lowest BCUT2D eigenvalue weighted by molar-refractivity contribution is 0.215. The van der Waals surface area contributed by atoms with Gasteiger partial charge >= 0.3 is 0 Å². The first-order valence-corrected chi connectivity index (χ1v) is 24.6. The van der Waals surface area contributed by atoms with Gasteiger partial charge in [-0.3, -0.25) is 0 Å². The van der Waals surface area contributed by atoms with Gasteiger partial charge in [0.25, 0.3) is 0 Å². The van der Waals surface area contributed by atoms with Crippen LogP contribution in [0.15, 0.2) is 0 Å². The summed E-state index contributed by atoms with van der Waals surface area (Å²) >= 11 is 0. The number of hydrogen-bond donors (Lipinski definition) is 3. The van der Waals surface area contributed by atoms with Gasteiger partial charge < -0.3 is 15.3 Å². The van der Waals surface area contributed by atoms with E-state index in [4.69, 9.17) is 15.3 Å². The van der Waals surface area contributed by atoms with Crippen LogP contribution in [0, 0.1) is 0 Å². The molecule has 0 spiro atoms. The highest BCUT2D eigenvalue weighted by Gasteiger charge is 1.79. The van der Waals surface area contributed by atoms with E-state index in [1.807, 2.05) is 0 Å². The molecular formula is C51H122O3. The van der Waals surface area contributed by atoms with Gasteiger partial charge in [0.2, 0.25) is 0 Å². The van der Waals surface area contributed by atoms with Gasteiger partial charge in [0, 0.05) is 18.3 Å². The molecule has 0 aliphatic rings. The molecule has 0 aliphatic heterocycles. The van der Waals surface area contributed by atoms with Crippen LogP contribution in [-0.2, 0) is 0 Å². The van der Waals surface area contributed by atoms with Crippen molar-refractivity contribution in [2.75, 3.05) is 0 Å². The lowest BCUT2D eigenvalue weighted by Gasteiger charge is -1.86. The molecule has 0 saturated carbocycles. The molecule has 3 heteroatoms. The average molecular weight is 784 g/mol. The summed E-state index contributed by atoms with van der Waals surface area (Å²) in [6.45, 7) is 41.6. The largest absolute Gasteiger partial charge is 0.394 e. The zero-order valence-electron chi connectivity index (χ0n) is 42.9. The second-order valence-corrected chi connectivity index (χ2v) is 15.2. The Bertz CT molecular complexity index is 267. The van der Waals surface area contributed by atoms with Crippen LogP contribution in [0.2, 0.25) is 0 Å². The maximum Gasteiger partial charge on any atom is 0.0483 e. The summed E-state index contributed by atoms with van der Waals surface area (Å²) in [4.78, 5) is 0. The van der Waals surface area contributed by atoms with Gasteiger partial charge in [-0.25, -0.2) is 0 Å². The maximum atomic E-state index is 8.06. The van der Waals surface area contributed by atoms with Gasteiger partial charge in [-0.15, -0.1) is 0 Å². The molecule has 54 heavy (non-hydrogen) atoms. The topological polar surface area (TPSA) is 60.7 Å². The fraction of sp³-hybridized carbons (Fsp3) is 1.00. The minimum absolute atomic E-state index is 0.167. The SMILES string of the molecule is CC(C)O.CC(C)O.CC(C)O.CCCCCC.CCCCCC.CCCCCC.CCCCCC.CCCCCC.CCCCCC.CCCCCC. The van der Waals surface area contributed by atoms with Crippen molar-refractivity contribution in [2.24, 2.45) is 0 Å². The molecule has 0 heterocycles. The summed E-state index contributed by atoms with van der Waals surface area (Å²) in [5.41, 5.74) is 0. The Labute approximate surface area is 350 Å². The van der Waals surface area contributed by atoms with Gasteiger partial charge in [-0.1, -0.05) is 277 Å². The smallest absolute Gasteiger partial charge is 0.0483 e. The third-order valence-corrected chi connectivity index (χ3v) is 6.70. The molecule has 0 rings (SSSR count). The predicted molar refractivity (Wildman–Crippen MR) is 261 cm³/mol. The summed E-state index contributed by atoms with van der Waals surface area (Å²) < 4.78 is 0. The van der Waals surface area contributed by atoms with E-state index in [2.05, 4.69) is 96.9 Å². The molecule has 0 radical (unpaired) electrons. The monoisotopic (exact) mass is 783 g/mol. The van der Waals surface area contributed by atoms with Crippen molar-refractivity contribution in [2.45, 2.75) is 337 Å². The summed E-state index contributed by atoms with van der Waals surface area (Å²) in [5, 5.41) is 24.2. The molecular weight excluding hydrogens is 661 g/mol. The Morgan fingerprint density at radius 2 is 0.222 bits per heavy atom. The summed E-state index contributed by atoms with van der Waals surface area (Å²) in [6.07, 6.45) is 38.3. The first-order valence-electron chi connectivity index (χ1n) is 24.6. The molecule has 344 valence electrons. The van der Waals surface area contributed by atoms with E-state index in [-0.39, 0.29) is 18.3 Å². The summed E-state index contributed by atoms with van der Waals surface area (Å²) in [5.74, 6) is 0. The van der Waals surface area contributed by atoms with E-state index in [0.29, 0.717) is 0 Å². The van der Waals surface area contributed by atoms with Crippen molar-refractivity contribution in [3.8, 4) is 0 Å². The van der Waals surface area contributed by atoms with Crippen molar-refractivity contribution in [1.82, 2.24) is 0 Å². The van der Waals surface area contributed by atoms with E-state index >= 15 is 0 Å². The van der Waals surface area contributed by atoms with E-state index in [1.165, 1.54) is 180 Å². The van der Waals surface area contributed by atoms with Crippen molar-refractivity contribution in [3.63, 3.8) is 0 Å². The highest BCUT2D eigenvalue weighted by atomic mass is 16.3. The van der Waals surface area contributed by atoms with Crippen LogP contribution in [0.5, 0.6) is 0 Å². The fourth-order valence-corrected chi connectivity index (χ4v) is 3.50. The molecule has 3 N–H and O–H groups in total. The third-order valence-electron chi connectivity index (χ3n) is 6.70. The van der Waals surface area contributed by atoms with Crippen LogP contribution in [0.25, 0.3) is 0 Å². The Kier molecular flexibility index (Phi) is 152. The highest BCUT2D eigenvalue weighted by molar-refractivity contribution is 4.34. The summed E-state index contributed by atoms with van der Waals surface area (Å²) in [6, 6.07) is 0. The van der Waals surface area contributed by atoms with Gasteiger partial charge in [0.1, 0.15) is 0 Å². The molecule has 0 aromatic carbocycles. The Morgan fingerprint density at radius 3 is 0.241 bits per heavy atom. The quantitative estimate of drug-likeness (QED) is 0.102. The molecule has 0 unspecified atom stereocenters. The van der Waals surface area contributed by atoms with Crippen molar-refractivity contribution < 1.29 is 15.3 Å². The van der Waals surface area contributed by atoms with E-state index in [1.54, 1.807) is 41.5 Å². The molecule has 0 atom stereocenters. The van der Waals surface area contributed by atoms with Crippen LogP contribution in [-0.4, -0.2) is 33.6 Å². The standard InChI is InChI=1S/7C6H14.3C3H8O/c7*1-3-5-6-4-2;3*1-3(2)4/h7*3-6H2,1-2H3;3*3-4H,1-2H3. The van der Waals surface area contributed by atoms with E-state index < -0.39 is 0 Å². The van der Waals surface area contributed by atoms with Gasteiger partial charge in [-0.2, -0.15) is 0 Å². The van der Waals surface area contributed by atoms with Crippen LogP contribution >= 0.6 is 0 Å². The van der Waals surface area contributed by atoms with Gasteiger partial charge in [-0.05, 0) is 41.5 Å². The minimum atomic E-state index is -0.167. The molecule has 0 aromatic rings. The highest BCUT2D eigenvalue weighted by Crippen LogP contribution is 1.98. The Balaban J connectivity index is -0.0000000500. The minimum Gasteiger partial charge on any atom is -0.394 e. The first-order chi connectivity index (χ1) is 25.6. The van der Waals surface area contributed by atoms with E-state index in [0.717, 1.165) is 0 Å². The molecule has 0 aliphatic carbocycles. The van der Waals surface area contributed by atoms with Crippen LogP contribution < -0.4 is 0 Å². The molecule has 3 nitrogen and oxygen atoms in total. The van der Waals surface area contributed by atoms with Crippen LogP contribution in [0.1, 0.15) is 318 Å². The molecule has 0 aromatic heterocycles. The molecule has 0 amide bonds. The molecule has 0 fully saturated rings. The number of hydrogen-bond acceptors (Lipinski definition) is 3. The normalized spacial score (nSPS) is 9.00. The first kappa shape index (κ1) is 78.2. The van der Waals surface area contributed by atoms with Crippen LogP contribution in [0.3, 0.4) is 0 Å². The number of rotatable bonds is 21. The second kappa shape index (κ2) is 105. The average Bonchev–Trinajstić information content (AvgIpc) is 3.12. The number of aliphatic hydroxyl groups excluding tert-OH is 3. The van der Waals surface area contributed by atoms with Crippen molar-refractivity contribution >= 4 is 0 Å². The Hall–Kier alpha value is -0.120. The van der Waals surface area contributed by atoms with Gasteiger partial charge in [0.05, 0.1) is 0 Å². The number of aliphatic hydroxyl groups is 3. The summed E-state index contributed by atoms with van der Waals surface area (Å²) in [7, 11) is 0. The maximum absolute atomic E-state index is 8.06. The predicted octanol–water partition coefficient (Wildman–Crippen LogP) is 19.3. The fourth-order valence-electron chi connectivity index (χ4n) is 3.50. The lowest BCUT2D eigenvalue weighted by Crippen LogP contribution is -1.85. The van der Waals surface area contributed by atoms with Crippen molar-refractivity contribution in [3.05, 3.63) is 0 Å². The van der Waals surface area contributed by atoms with Crippen LogP contribution in [0.4, 0.5) is 0 Å². The third kappa shape index (κ3) is 308. The second-order valence-electron chi connectivity index (χ2n) is 15.2. The zero-order chi connectivity index (χ0) is 44.5. The Morgan fingerprint density at radius 1 is 0.185 bits per heavy atom.